The predicted molar refractivity (Wildman–Crippen MR) is 90.0 cm³/mol. The van der Waals surface area contributed by atoms with E-state index in [-0.39, 0.29) is 17.7 Å². The molecular formula is C16H25N3O3S. The average molecular weight is 339 g/mol. The Morgan fingerprint density at radius 2 is 2.30 bits per heavy atom. The third kappa shape index (κ3) is 6.56. The summed E-state index contributed by atoms with van der Waals surface area (Å²) in [5.74, 6) is 0.220. The lowest BCUT2D eigenvalue weighted by molar-refractivity contribution is 0.170. The standard InChI is InChI=1S/C16H25N3O3S/c1-23(21,22)13-15-7-4-10-19(12-15)16(20)18-9-3-6-14-5-2-8-17-11-14/h2,5,8,11,15H,3-4,6-7,9-10,12-13H2,1H3,(H,18,20)/t15-/m0/s1. The molecule has 0 radical (unpaired) electrons. The van der Waals surface area contributed by atoms with Crippen molar-refractivity contribution in [2.75, 3.05) is 31.6 Å². The average Bonchev–Trinajstić information content (AvgIpc) is 2.51. The molecule has 1 aliphatic heterocycles. The van der Waals surface area contributed by atoms with Gasteiger partial charge in [-0.2, -0.15) is 0 Å². The van der Waals surface area contributed by atoms with Crippen LogP contribution in [0.2, 0.25) is 0 Å². The summed E-state index contributed by atoms with van der Waals surface area (Å²) in [6.07, 6.45) is 8.31. The Bertz CT molecular complexity index is 604. The van der Waals surface area contributed by atoms with Crippen molar-refractivity contribution < 1.29 is 13.2 Å². The molecule has 1 fully saturated rings. The first-order chi connectivity index (χ1) is 10.9. The highest BCUT2D eigenvalue weighted by Gasteiger charge is 2.25. The molecule has 1 atom stereocenters. The Hall–Kier alpha value is -1.63. The normalized spacial score (nSPS) is 18.7. The number of amides is 2. The topological polar surface area (TPSA) is 79.4 Å². The molecule has 6 nitrogen and oxygen atoms in total. The maximum Gasteiger partial charge on any atom is 0.317 e. The van der Waals surface area contributed by atoms with Crippen LogP contribution in [-0.2, 0) is 16.3 Å². The maximum atomic E-state index is 12.2. The molecule has 0 bridgehead atoms. The van der Waals surface area contributed by atoms with Crippen molar-refractivity contribution >= 4 is 15.9 Å². The van der Waals surface area contributed by atoms with Crippen LogP contribution in [-0.4, -0.2) is 56.0 Å². The monoisotopic (exact) mass is 339 g/mol. The van der Waals surface area contributed by atoms with Crippen LogP contribution in [0.5, 0.6) is 0 Å². The molecule has 2 heterocycles. The molecule has 7 heteroatoms. The number of nitrogens with zero attached hydrogens (tertiary/aromatic N) is 2. The van der Waals surface area contributed by atoms with Gasteiger partial charge in [-0.25, -0.2) is 13.2 Å². The fourth-order valence-electron chi connectivity index (χ4n) is 2.96. The minimum atomic E-state index is -2.99. The Balaban J connectivity index is 1.70. The highest BCUT2D eigenvalue weighted by atomic mass is 32.2. The number of carbonyl (C=O) groups is 1. The molecule has 0 aromatic carbocycles. The van der Waals surface area contributed by atoms with Crippen LogP contribution in [0.15, 0.2) is 24.5 Å². The van der Waals surface area contributed by atoms with Crippen LogP contribution < -0.4 is 5.32 Å². The van der Waals surface area contributed by atoms with Gasteiger partial charge in [-0.15, -0.1) is 0 Å². The van der Waals surface area contributed by atoms with Gasteiger partial charge in [0.05, 0.1) is 5.75 Å². The van der Waals surface area contributed by atoms with Crippen molar-refractivity contribution in [2.24, 2.45) is 5.92 Å². The van der Waals surface area contributed by atoms with E-state index in [1.165, 1.54) is 6.26 Å². The lowest BCUT2D eigenvalue weighted by atomic mass is 10.0. The number of sulfone groups is 1. The van der Waals surface area contributed by atoms with Crippen LogP contribution >= 0.6 is 0 Å². The third-order valence-electron chi connectivity index (χ3n) is 3.99. The second-order valence-corrected chi connectivity index (χ2v) is 8.43. The fourth-order valence-corrected chi connectivity index (χ4v) is 4.09. The molecular weight excluding hydrogens is 314 g/mol. The zero-order valence-corrected chi connectivity index (χ0v) is 14.4. The second-order valence-electron chi connectivity index (χ2n) is 6.24. The minimum absolute atomic E-state index is 0.0555. The highest BCUT2D eigenvalue weighted by molar-refractivity contribution is 7.90. The van der Waals surface area contributed by atoms with Gasteiger partial charge in [0, 0.05) is 38.3 Å². The van der Waals surface area contributed by atoms with Gasteiger partial charge in [-0.05, 0) is 43.2 Å². The number of hydrogen-bond donors (Lipinski definition) is 1. The number of aromatic nitrogens is 1. The molecule has 1 aromatic rings. The molecule has 1 aliphatic rings. The van der Waals surface area contributed by atoms with Gasteiger partial charge < -0.3 is 10.2 Å². The van der Waals surface area contributed by atoms with Gasteiger partial charge in [0.1, 0.15) is 9.84 Å². The summed E-state index contributed by atoms with van der Waals surface area (Å²) in [4.78, 5) is 18.0. The van der Waals surface area contributed by atoms with Gasteiger partial charge in [0.2, 0.25) is 0 Å². The van der Waals surface area contributed by atoms with E-state index in [9.17, 15) is 13.2 Å². The third-order valence-corrected chi connectivity index (χ3v) is 5.06. The molecule has 0 aliphatic carbocycles. The highest BCUT2D eigenvalue weighted by Crippen LogP contribution is 2.18. The number of rotatable bonds is 6. The summed E-state index contributed by atoms with van der Waals surface area (Å²) < 4.78 is 22.8. The fraction of sp³-hybridized carbons (Fsp3) is 0.625. The summed E-state index contributed by atoms with van der Waals surface area (Å²) in [6.45, 7) is 1.84. The number of urea groups is 1. The largest absolute Gasteiger partial charge is 0.338 e. The molecule has 1 saturated heterocycles. The quantitative estimate of drug-likeness (QED) is 0.796. The van der Waals surface area contributed by atoms with Gasteiger partial charge in [-0.1, -0.05) is 6.07 Å². The molecule has 128 valence electrons. The number of hydrogen-bond acceptors (Lipinski definition) is 4. The number of piperidine rings is 1. The number of carbonyl (C=O) groups excluding carboxylic acids is 1. The second kappa shape index (κ2) is 8.29. The van der Waals surface area contributed by atoms with E-state index in [2.05, 4.69) is 10.3 Å². The molecule has 2 amide bonds. The van der Waals surface area contributed by atoms with E-state index in [0.29, 0.717) is 19.6 Å². The summed E-state index contributed by atoms with van der Waals surface area (Å²) in [7, 11) is -2.99. The lowest BCUT2D eigenvalue weighted by Crippen LogP contribution is -2.46. The zero-order chi connectivity index (χ0) is 16.7. The number of nitrogens with one attached hydrogen (secondary N) is 1. The first kappa shape index (κ1) is 17.7. The maximum absolute atomic E-state index is 12.2. The van der Waals surface area contributed by atoms with Crippen molar-refractivity contribution in [3.05, 3.63) is 30.1 Å². The van der Waals surface area contributed by atoms with Crippen LogP contribution in [0.4, 0.5) is 4.79 Å². The van der Waals surface area contributed by atoms with Gasteiger partial charge in [0.15, 0.2) is 0 Å². The Morgan fingerprint density at radius 3 is 3.00 bits per heavy atom. The van der Waals surface area contributed by atoms with Crippen LogP contribution in [0.25, 0.3) is 0 Å². The van der Waals surface area contributed by atoms with Gasteiger partial charge in [0.25, 0.3) is 0 Å². The molecule has 2 rings (SSSR count). The van der Waals surface area contributed by atoms with E-state index >= 15 is 0 Å². The molecule has 0 spiro atoms. The van der Waals surface area contributed by atoms with Gasteiger partial charge in [-0.3, -0.25) is 4.98 Å². The van der Waals surface area contributed by atoms with Crippen molar-refractivity contribution in [3.8, 4) is 0 Å². The van der Waals surface area contributed by atoms with E-state index in [1.807, 2.05) is 18.3 Å². The Morgan fingerprint density at radius 1 is 1.48 bits per heavy atom. The minimum Gasteiger partial charge on any atom is -0.338 e. The summed E-state index contributed by atoms with van der Waals surface area (Å²) in [6, 6.07) is 3.84. The molecule has 23 heavy (non-hydrogen) atoms. The Kier molecular flexibility index (Phi) is 6.38. The smallest absolute Gasteiger partial charge is 0.317 e. The molecule has 1 N–H and O–H groups in total. The Labute approximate surface area is 138 Å². The van der Waals surface area contributed by atoms with Crippen LogP contribution in [0.3, 0.4) is 0 Å². The van der Waals surface area contributed by atoms with E-state index in [0.717, 1.165) is 31.2 Å². The van der Waals surface area contributed by atoms with Crippen LogP contribution in [0.1, 0.15) is 24.8 Å². The SMILES string of the molecule is CS(=O)(=O)C[C@H]1CCCN(C(=O)NCCCc2cccnc2)C1. The first-order valence-electron chi connectivity index (χ1n) is 8.03. The summed E-state index contributed by atoms with van der Waals surface area (Å²) in [5.41, 5.74) is 1.16. The van der Waals surface area contributed by atoms with Crippen molar-refractivity contribution in [2.45, 2.75) is 25.7 Å². The van der Waals surface area contributed by atoms with E-state index in [4.69, 9.17) is 0 Å². The van der Waals surface area contributed by atoms with E-state index in [1.54, 1.807) is 11.1 Å². The van der Waals surface area contributed by atoms with Crippen LogP contribution in [0, 0.1) is 5.92 Å². The van der Waals surface area contributed by atoms with Gasteiger partial charge >= 0.3 is 6.03 Å². The predicted octanol–water partition coefficient (Wildman–Crippen LogP) is 1.48. The number of pyridine rings is 1. The molecule has 0 saturated carbocycles. The van der Waals surface area contributed by atoms with Crippen molar-refractivity contribution in [1.82, 2.24) is 15.2 Å². The lowest BCUT2D eigenvalue weighted by Gasteiger charge is -2.32. The zero-order valence-electron chi connectivity index (χ0n) is 13.6. The molecule has 0 unspecified atom stereocenters. The molecule has 1 aromatic heterocycles. The summed E-state index contributed by atoms with van der Waals surface area (Å²) >= 11 is 0. The number of aryl methyl sites for hydroxylation is 1. The summed E-state index contributed by atoms with van der Waals surface area (Å²) in [5, 5.41) is 2.92. The van der Waals surface area contributed by atoms with Crippen molar-refractivity contribution in [1.29, 1.82) is 0 Å². The van der Waals surface area contributed by atoms with E-state index < -0.39 is 9.84 Å². The number of likely N-dealkylation sites (tertiary alicyclic amines) is 1. The van der Waals surface area contributed by atoms with Crippen molar-refractivity contribution in [3.63, 3.8) is 0 Å². The first-order valence-corrected chi connectivity index (χ1v) is 10.1.